The minimum Gasteiger partial charge on any atom is -0.396 e. The molecule has 0 aliphatic carbocycles. The molecule has 1 atom stereocenters. The zero-order chi connectivity index (χ0) is 7.28. The first-order valence-electron chi connectivity index (χ1n) is 2.74. The van der Waals surface area contributed by atoms with Crippen molar-refractivity contribution in [2.75, 3.05) is 6.61 Å². The predicted molar refractivity (Wildman–Crippen MR) is 28.3 cm³/mol. The van der Waals surface area contributed by atoms with Crippen LogP contribution in [0.2, 0.25) is 0 Å². The molecule has 0 heterocycles. The molecule has 1 unspecified atom stereocenters. The van der Waals surface area contributed by atoms with E-state index < -0.39 is 19.0 Å². The van der Waals surface area contributed by atoms with Crippen LogP contribution in [-0.2, 0) is 0 Å². The van der Waals surface area contributed by atoms with Gasteiger partial charge in [0.1, 0.15) is 0 Å². The Morgan fingerprint density at radius 3 is 2.22 bits per heavy atom. The van der Waals surface area contributed by atoms with Crippen LogP contribution in [0.1, 0.15) is 12.8 Å². The highest BCUT2D eigenvalue weighted by Crippen LogP contribution is 2.05. The van der Waals surface area contributed by atoms with Crippen LogP contribution in [0.15, 0.2) is 0 Å². The van der Waals surface area contributed by atoms with Crippen LogP contribution in [0.25, 0.3) is 0 Å². The fourth-order valence-corrected chi connectivity index (χ4v) is 0.473. The summed E-state index contributed by atoms with van der Waals surface area (Å²) in [5, 5.41) is 16.7. The summed E-state index contributed by atoms with van der Waals surface area (Å²) < 4.78 is 22.7. The molecule has 56 valence electrons. The van der Waals surface area contributed by atoms with Gasteiger partial charge in [-0.05, 0) is 6.42 Å². The second-order valence-corrected chi connectivity index (χ2v) is 1.79. The van der Waals surface area contributed by atoms with E-state index in [0.29, 0.717) is 0 Å². The van der Waals surface area contributed by atoms with Crippen LogP contribution in [-0.4, -0.2) is 29.3 Å². The molecule has 2 N–H and O–H groups in total. The number of rotatable bonds is 4. The van der Waals surface area contributed by atoms with E-state index >= 15 is 0 Å². The van der Waals surface area contributed by atoms with Crippen molar-refractivity contribution in [2.24, 2.45) is 0 Å². The summed E-state index contributed by atoms with van der Waals surface area (Å²) in [5.74, 6) is 0. The molecule has 0 aliphatic heterocycles. The highest BCUT2D eigenvalue weighted by molar-refractivity contribution is 4.55. The fourth-order valence-electron chi connectivity index (χ4n) is 0.473. The first-order valence-corrected chi connectivity index (χ1v) is 2.74. The van der Waals surface area contributed by atoms with E-state index in [9.17, 15) is 8.78 Å². The summed E-state index contributed by atoms with van der Waals surface area (Å²) in [4.78, 5) is 0. The van der Waals surface area contributed by atoms with Gasteiger partial charge < -0.3 is 10.2 Å². The van der Waals surface area contributed by atoms with Crippen molar-refractivity contribution in [3.63, 3.8) is 0 Å². The molecule has 0 saturated carbocycles. The Kier molecular flexibility index (Phi) is 4.53. The highest BCUT2D eigenvalue weighted by Gasteiger charge is 2.10. The molecule has 0 rings (SSSR count). The van der Waals surface area contributed by atoms with Gasteiger partial charge in [-0.2, -0.15) is 0 Å². The third-order valence-electron chi connectivity index (χ3n) is 0.913. The van der Waals surface area contributed by atoms with Crippen LogP contribution >= 0.6 is 0 Å². The molecule has 0 aromatic rings. The summed E-state index contributed by atoms with van der Waals surface area (Å²) in [6, 6.07) is 0. The SMILES string of the molecule is OCCC(O)CC(F)F. The minimum atomic E-state index is -2.48. The van der Waals surface area contributed by atoms with Crippen molar-refractivity contribution in [2.45, 2.75) is 25.4 Å². The van der Waals surface area contributed by atoms with Gasteiger partial charge in [0.05, 0.1) is 6.10 Å². The molecule has 0 aliphatic rings. The van der Waals surface area contributed by atoms with E-state index in [0.717, 1.165) is 0 Å². The molecule has 0 fully saturated rings. The zero-order valence-corrected chi connectivity index (χ0v) is 4.93. The largest absolute Gasteiger partial charge is 0.396 e. The normalized spacial score (nSPS) is 14.3. The first kappa shape index (κ1) is 8.78. The monoisotopic (exact) mass is 140 g/mol. The summed E-state index contributed by atoms with van der Waals surface area (Å²) in [6.07, 6.45) is -4.05. The maximum Gasteiger partial charge on any atom is 0.241 e. The maximum absolute atomic E-state index is 11.4. The van der Waals surface area contributed by atoms with Crippen LogP contribution in [0.5, 0.6) is 0 Å². The lowest BCUT2D eigenvalue weighted by molar-refractivity contribution is 0.0481. The Balaban J connectivity index is 3.15. The standard InChI is InChI=1S/C5H10F2O2/c6-5(7)3-4(9)1-2-8/h4-5,8-9H,1-3H2. The molecule has 4 heteroatoms. The Bertz CT molecular complexity index is 68.0. The van der Waals surface area contributed by atoms with Crippen molar-refractivity contribution in [3.05, 3.63) is 0 Å². The van der Waals surface area contributed by atoms with Gasteiger partial charge in [0, 0.05) is 13.0 Å². The average molecular weight is 140 g/mol. The topological polar surface area (TPSA) is 40.5 Å². The van der Waals surface area contributed by atoms with Crippen molar-refractivity contribution in [3.8, 4) is 0 Å². The summed E-state index contributed by atoms with van der Waals surface area (Å²) in [6.45, 7) is -0.242. The smallest absolute Gasteiger partial charge is 0.241 e. The summed E-state index contributed by atoms with van der Waals surface area (Å²) >= 11 is 0. The number of hydrogen-bond acceptors (Lipinski definition) is 2. The molecular formula is C5H10F2O2. The third-order valence-corrected chi connectivity index (χ3v) is 0.913. The van der Waals surface area contributed by atoms with Crippen molar-refractivity contribution < 1.29 is 19.0 Å². The van der Waals surface area contributed by atoms with Gasteiger partial charge in [-0.25, -0.2) is 8.78 Å². The van der Waals surface area contributed by atoms with Gasteiger partial charge in [0.25, 0.3) is 0 Å². The molecule has 0 spiro atoms. The van der Waals surface area contributed by atoms with E-state index in [4.69, 9.17) is 10.2 Å². The molecule has 0 saturated heterocycles. The van der Waals surface area contributed by atoms with Gasteiger partial charge in [-0.3, -0.25) is 0 Å². The number of aliphatic hydroxyl groups excluding tert-OH is 2. The van der Waals surface area contributed by atoms with Crippen LogP contribution in [0, 0.1) is 0 Å². The zero-order valence-electron chi connectivity index (χ0n) is 4.93. The second-order valence-electron chi connectivity index (χ2n) is 1.79. The Hall–Kier alpha value is -0.220. The Labute approximate surface area is 52.1 Å². The molecule has 0 aromatic heterocycles. The summed E-state index contributed by atoms with van der Waals surface area (Å²) in [7, 11) is 0. The Morgan fingerprint density at radius 2 is 1.89 bits per heavy atom. The molecular weight excluding hydrogens is 130 g/mol. The average Bonchev–Trinajstić information content (AvgIpc) is 1.63. The number of hydrogen-bond donors (Lipinski definition) is 2. The molecule has 0 aromatic carbocycles. The molecule has 0 amide bonds. The lowest BCUT2D eigenvalue weighted by atomic mass is 10.2. The third kappa shape index (κ3) is 5.65. The van der Waals surface area contributed by atoms with Crippen molar-refractivity contribution in [1.82, 2.24) is 0 Å². The molecule has 0 radical (unpaired) electrons. The van der Waals surface area contributed by atoms with E-state index in [2.05, 4.69) is 0 Å². The highest BCUT2D eigenvalue weighted by atomic mass is 19.3. The van der Waals surface area contributed by atoms with Crippen molar-refractivity contribution in [1.29, 1.82) is 0 Å². The van der Waals surface area contributed by atoms with Crippen LogP contribution in [0.4, 0.5) is 8.78 Å². The Morgan fingerprint density at radius 1 is 1.33 bits per heavy atom. The molecule has 0 bridgehead atoms. The molecule has 2 nitrogen and oxygen atoms in total. The van der Waals surface area contributed by atoms with E-state index in [1.54, 1.807) is 0 Å². The van der Waals surface area contributed by atoms with E-state index in [1.165, 1.54) is 0 Å². The minimum absolute atomic E-state index is 0.0321. The number of halogens is 2. The van der Waals surface area contributed by atoms with Gasteiger partial charge in [0.15, 0.2) is 0 Å². The van der Waals surface area contributed by atoms with E-state index in [-0.39, 0.29) is 13.0 Å². The van der Waals surface area contributed by atoms with Crippen molar-refractivity contribution >= 4 is 0 Å². The van der Waals surface area contributed by atoms with Gasteiger partial charge in [-0.15, -0.1) is 0 Å². The van der Waals surface area contributed by atoms with Gasteiger partial charge >= 0.3 is 0 Å². The second kappa shape index (κ2) is 4.64. The predicted octanol–water partition coefficient (Wildman–Crippen LogP) is 0.385. The van der Waals surface area contributed by atoms with Crippen LogP contribution in [0.3, 0.4) is 0 Å². The molecule has 9 heavy (non-hydrogen) atoms. The number of alkyl halides is 2. The first-order chi connectivity index (χ1) is 4.16. The summed E-state index contributed by atoms with van der Waals surface area (Å²) in [5.41, 5.74) is 0. The quantitative estimate of drug-likeness (QED) is 0.592. The van der Waals surface area contributed by atoms with Crippen LogP contribution < -0.4 is 0 Å². The lowest BCUT2D eigenvalue weighted by Gasteiger charge is -2.05. The van der Waals surface area contributed by atoms with Gasteiger partial charge in [-0.1, -0.05) is 0 Å². The van der Waals surface area contributed by atoms with E-state index in [1.807, 2.05) is 0 Å². The fraction of sp³-hybridized carbons (Fsp3) is 1.00. The lowest BCUT2D eigenvalue weighted by Crippen LogP contribution is -2.12. The maximum atomic E-state index is 11.4. The van der Waals surface area contributed by atoms with Gasteiger partial charge in [0.2, 0.25) is 6.43 Å². The number of aliphatic hydroxyl groups is 2.